The summed E-state index contributed by atoms with van der Waals surface area (Å²) >= 11 is 0. The van der Waals surface area contributed by atoms with Crippen molar-refractivity contribution in [2.24, 2.45) is 0 Å². The molecule has 0 aromatic rings. The Morgan fingerprint density at radius 2 is 1.55 bits per heavy atom. The van der Waals surface area contributed by atoms with Gasteiger partial charge in [-0.3, -0.25) is 4.79 Å². The van der Waals surface area contributed by atoms with E-state index < -0.39 is 8.07 Å². The first-order chi connectivity index (χ1) is 10.4. The van der Waals surface area contributed by atoms with Crippen molar-refractivity contribution in [3.63, 3.8) is 0 Å². The molecule has 0 atom stereocenters. The lowest BCUT2D eigenvalue weighted by molar-refractivity contribution is -0.141. The van der Waals surface area contributed by atoms with Crippen molar-refractivity contribution in [2.45, 2.75) is 71.5 Å². The third kappa shape index (κ3) is 18.5. The van der Waals surface area contributed by atoms with Gasteiger partial charge in [-0.05, 0) is 25.0 Å². The van der Waals surface area contributed by atoms with Gasteiger partial charge in [-0.15, -0.1) is 5.54 Å². The minimum atomic E-state index is -1.25. The quantitative estimate of drug-likeness (QED) is 0.280. The second-order valence-electron chi connectivity index (χ2n) is 6.39. The fourth-order valence-corrected chi connectivity index (χ4v) is 2.23. The van der Waals surface area contributed by atoms with Gasteiger partial charge < -0.3 is 4.74 Å². The molecule has 0 aromatic carbocycles. The number of hydrogen-bond donors (Lipinski definition) is 0. The summed E-state index contributed by atoms with van der Waals surface area (Å²) in [5.41, 5.74) is 3.27. The summed E-state index contributed by atoms with van der Waals surface area (Å²) in [6.07, 6.45) is 11.6. The minimum absolute atomic E-state index is 0.181. The summed E-state index contributed by atoms with van der Waals surface area (Å²) in [5.74, 6) is 9.07. The van der Waals surface area contributed by atoms with Gasteiger partial charge >= 0.3 is 5.97 Å². The summed E-state index contributed by atoms with van der Waals surface area (Å²) in [7, 11) is -1.25. The molecule has 0 N–H and O–H groups in total. The first-order valence-electron chi connectivity index (χ1n) is 8.21. The van der Waals surface area contributed by atoms with Gasteiger partial charge in [0.05, 0.1) is 6.61 Å². The molecule has 0 fully saturated rings. The van der Waals surface area contributed by atoms with Gasteiger partial charge in [0.2, 0.25) is 0 Å². The van der Waals surface area contributed by atoms with Crippen molar-refractivity contribution in [2.75, 3.05) is 6.61 Å². The van der Waals surface area contributed by atoms with Crippen LogP contribution in [0.3, 0.4) is 0 Å². The van der Waals surface area contributed by atoms with Gasteiger partial charge in [0.25, 0.3) is 0 Å². The largest absolute Gasteiger partial charge is 0.466 e. The highest BCUT2D eigenvalue weighted by Gasteiger charge is 2.06. The molecule has 0 aliphatic heterocycles. The molecule has 2 nitrogen and oxygen atoms in total. The van der Waals surface area contributed by atoms with Crippen molar-refractivity contribution in [1.29, 1.82) is 0 Å². The maximum absolute atomic E-state index is 10.6. The van der Waals surface area contributed by atoms with Crippen molar-refractivity contribution in [3.8, 4) is 23.3 Å². The standard InChI is InChI=1S/C19H30O2Si/c1-19(20)21-17-15-13-11-9-7-5-6-8-10-12-14-16-18-22(2,3)4/h12,14H,5-7,9,11,13,15,17H2,1-4H3/b14-12+. The Morgan fingerprint density at radius 1 is 0.955 bits per heavy atom. The van der Waals surface area contributed by atoms with E-state index >= 15 is 0 Å². The summed E-state index contributed by atoms with van der Waals surface area (Å²) in [6, 6.07) is 0. The van der Waals surface area contributed by atoms with Crippen LogP contribution in [0.1, 0.15) is 51.9 Å². The van der Waals surface area contributed by atoms with Crippen LogP contribution in [-0.2, 0) is 9.53 Å². The molecule has 0 aliphatic rings. The first kappa shape index (κ1) is 20.5. The smallest absolute Gasteiger partial charge is 0.302 e. The molecule has 0 heterocycles. The highest BCUT2D eigenvalue weighted by atomic mass is 28.3. The monoisotopic (exact) mass is 318 g/mol. The SMILES string of the molecule is CC(=O)OCCCCCCCCC#C/C=C/C#C[Si](C)(C)C. The summed E-state index contributed by atoms with van der Waals surface area (Å²) < 4.78 is 4.89. The van der Waals surface area contributed by atoms with Gasteiger partial charge in [0.1, 0.15) is 8.07 Å². The second-order valence-corrected chi connectivity index (χ2v) is 11.1. The zero-order chi connectivity index (χ0) is 16.7. The van der Waals surface area contributed by atoms with E-state index in [4.69, 9.17) is 4.74 Å². The van der Waals surface area contributed by atoms with Crippen LogP contribution >= 0.6 is 0 Å². The number of carbonyl (C=O) groups excluding carboxylic acids is 1. The molecule has 3 heteroatoms. The van der Waals surface area contributed by atoms with Crippen LogP contribution in [0.5, 0.6) is 0 Å². The van der Waals surface area contributed by atoms with Crippen LogP contribution in [0.25, 0.3) is 0 Å². The lowest BCUT2D eigenvalue weighted by Gasteiger charge is -2.01. The Kier molecular flexibility index (Phi) is 12.4. The van der Waals surface area contributed by atoms with Gasteiger partial charge in [-0.1, -0.05) is 63.1 Å². The third-order valence-corrected chi connectivity index (χ3v) is 3.70. The number of carbonyl (C=O) groups is 1. The van der Waals surface area contributed by atoms with Crippen LogP contribution < -0.4 is 0 Å². The molecule has 122 valence electrons. The van der Waals surface area contributed by atoms with E-state index in [1.165, 1.54) is 26.2 Å². The molecule has 22 heavy (non-hydrogen) atoms. The van der Waals surface area contributed by atoms with Crippen molar-refractivity contribution >= 4 is 14.0 Å². The summed E-state index contributed by atoms with van der Waals surface area (Å²) in [5, 5.41) is 0. The number of hydrogen-bond acceptors (Lipinski definition) is 2. The van der Waals surface area contributed by atoms with Crippen molar-refractivity contribution in [3.05, 3.63) is 12.2 Å². The van der Waals surface area contributed by atoms with Crippen LogP contribution in [0.2, 0.25) is 19.6 Å². The van der Waals surface area contributed by atoms with E-state index in [-0.39, 0.29) is 5.97 Å². The molecule has 0 radical (unpaired) electrons. The Labute approximate surface area is 137 Å². The maximum atomic E-state index is 10.6. The van der Waals surface area contributed by atoms with Crippen LogP contribution in [0.15, 0.2) is 12.2 Å². The molecular formula is C19H30O2Si. The Hall–Kier alpha value is -1.45. The fourth-order valence-electron chi connectivity index (χ4n) is 1.71. The second kappa shape index (κ2) is 13.2. The number of rotatable bonds is 8. The lowest BCUT2D eigenvalue weighted by atomic mass is 10.1. The molecule has 0 amide bonds. The summed E-state index contributed by atoms with van der Waals surface area (Å²) in [6.45, 7) is 8.71. The average Bonchev–Trinajstić information content (AvgIpc) is 2.41. The normalized spacial score (nSPS) is 10.5. The van der Waals surface area contributed by atoms with E-state index in [1.54, 1.807) is 0 Å². The van der Waals surface area contributed by atoms with Crippen molar-refractivity contribution < 1.29 is 9.53 Å². The Bertz CT molecular complexity index is 450. The molecule has 0 bridgehead atoms. The van der Waals surface area contributed by atoms with Crippen molar-refractivity contribution in [1.82, 2.24) is 0 Å². The van der Waals surface area contributed by atoms with E-state index in [1.807, 2.05) is 12.2 Å². The highest BCUT2D eigenvalue weighted by molar-refractivity contribution is 6.83. The lowest BCUT2D eigenvalue weighted by Crippen LogP contribution is -2.16. The molecule has 0 saturated heterocycles. The molecule has 0 rings (SSSR count). The van der Waals surface area contributed by atoms with Crippen LogP contribution in [0.4, 0.5) is 0 Å². The predicted octanol–water partition coefficient (Wildman–Crippen LogP) is 4.72. The zero-order valence-electron chi connectivity index (χ0n) is 14.6. The van der Waals surface area contributed by atoms with E-state index in [9.17, 15) is 4.79 Å². The van der Waals surface area contributed by atoms with Gasteiger partial charge in [-0.25, -0.2) is 0 Å². The Balaban J connectivity index is 3.43. The molecule has 0 aliphatic carbocycles. The molecular weight excluding hydrogens is 288 g/mol. The Morgan fingerprint density at radius 3 is 2.18 bits per heavy atom. The van der Waals surface area contributed by atoms with Gasteiger partial charge in [0, 0.05) is 13.3 Å². The first-order valence-corrected chi connectivity index (χ1v) is 11.7. The molecule has 0 unspecified atom stereocenters. The van der Waals surface area contributed by atoms with E-state index in [2.05, 4.69) is 42.9 Å². The maximum Gasteiger partial charge on any atom is 0.302 e. The van der Waals surface area contributed by atoms with Gasteiger partial charge in [0.15, 0.2) is 0 Å². The van der Waals surface area contributed by atoms with Gasteiger partial charge in [-0.2, -0.15) is 0 Å². The van der Waals surface area contributed by atoms with E-state index in [0.717, 1.165) is 25.7 Å². The highest BCUT2D eigenvalue weighted by Crippen LogP contribution is 2.06. The topological polar surface area (TPSA) is 26.3 Å². The average molecular weight is 319 g/mol. The number of esters is 1. The predicted molar refractivity (Wildman–Crippen MR) is 97.0 cm³/mol. The fraction of sp³-hybridized carbons (Fsp3) is 0.632. The summed E-state index contributed by atoms with van der Waals surface area (Å²) in [4.78, 5) is 10.6. The minimum Gasteiger partial charge on any atom is -0.466 e. The van der Waals surface area contributed by atoms with Crippen LogP contribution in [0, 0.1) is 23.3 Å². The molecule has 0 spiro atoms. The number of unbranched alkanes of at least 4 members (excludes halogenated alkanes) is 6. The van der Waals surface area contributed by atoms with Crippen LogP contribution in [-0.4, -0.2) is 20.7 Å². The zero-order valence-corrected chi connectivity index (χ0v) is 15.6. The molecule has 0 aromatic heterocycles. The number of allylic oxidation sites excluding steroid dienone is 2. The molecule has 0 saturated carbocycles. The van der Waals surface area contributed by atoms with E-state index in [0.29, 0.717) is 6.61 Å². The number of ether oxygens (including phenoxy) is 1. The third-order valence-electron chi connectivity index (χ3n) is 2.80.